The maximum atomic E-state index is 13.1. The molecule has 1 heterocycles. The molecule has 3 rings (SSSR count). The fraction of sp³-hybridized carbons (Fsp3) is 0.560. The Balaban J connectivity index is 1.69. The molecule has 0 amide bonds. The van der Waals surface area contributed by atoms with Crippen LogP contribution in [0.15, 0.2) is 36.2 Å². The molecule has 1 aliphatic heterocycles. The van der Waals surface area contributed by atoms with Gasteiger partial charge < -0.3 is 19.7 Å². The Labute approximate surface area is 191 Å². The van der Waals surface area contributed by atoms with Crippen LogP contribution >= 0.6 is 0 Å². The van der Waals surface area contributed by atoms with Gasteiger partial charge in [0.15, 0.2) is 5.83 Å². The highest BCUT2D eigenvalue weighted by Gasteiger charge is 2.44. The van der Waals surface area contributed by atoms with Crippen LogP contribution in [0, 0.1) is 18.8 Å². The maximum Gasteiger partial charge on any atom is 0.338 e. The molecule has 0 unspecified atom stereocenters. The Morgan fingerprint density at radius 1 is 1.33 bits per heavy atom. The number of hydrogen-bond donors (Lipinski definition) is 2. The van der Waals surface area contributed by atoms with Crippen molar-refractivity contribution >= 4 is 5.97 Å². The minimum absolute atomic E-state index is 0.0376. The second kappa shape index (κ2) is 10.3. The van der Waals surface area contributed by atoms with Crippen LogP contribution in [0.25, 0.3) is 0 Å². The van der Waals surface area contributed by atoms with Gasteiger partial charge in [-0.25, -0.2) is 9.18 Å². The molecule has 0 saturated heterocycles. The Hall–Kier alpha value is -2.32. The van der Waals surface area contributed by atoms with E-state index >= 15 is 0 Å². The van der Waals surface area contributed by atoms with E-state index in [1.807, 2.05) is 19.1 Å². The lowest BCUT2D eigenvalue weighted by atomic mass is 9.87. The molecule has 1 aliphatic carbocycles. The highest BCUT2D eigenvalue weighted by molar-refractivity contribution is 5.92. The van der Waals surface area contributed by atoms with E-state index in [0.717, 1.165) is 24.0 Å². The summed E-state index contributed by atoms with van der Waals surface area (Å²) in [5.41, 5.74) is 0.829. The number of benzene rings is 1. The van der Waals surface area contributed by atoms with Crippen molar-refractivity contribution in [2.24, 2.45) is 11.8 Å². The summed E-state index contributed by atoms with van der Waals surface area (Å²) >= 11 is 0. The Kier molecular flexibility index (Phi) is 7.90. The Bertz CT molecular complexity index is 936. The molecule has 0 bridgehead atoms. The number of aliphatic hydroxyl groups excluding tert-OH is 1. The quantitative estimate of drug-likeness (QED) is 0.434. The zero-order chi connectivity index (χ0) is 24.3. The Morgan fingerprint density at radius 2 is 2.06 bits per heavy atom. The summed E-state index contributed by atoms with van der Waals surface area (Å²) in [5.74, 6) is -1.42. The summed E-state index contributed by atoms with van der Waals surface area (Å²) in [6.45, 7) is 3.30. The molecule has 5 atom stereocenters. The summed E-state index contributed by atoms with van der Waals surface area (Å²) < 4.78 is 48.7. The standard InChI is InChI=1S/C25H31F3O5/c1-14-16(24(30)32-3)8-6-15-7-9-18-17(20(29)13-21(18)33-22(14)15)5-4-11-25(2,31)12-10-19(26)23(27)28/h4-6,8,17-18,20-21,29,31H,7,9-13H2,1-3H3/b5-4+/t17-,18-,20-,21+,25-/m1/s1. The molecule has 1 aromatic carbocycles. The van der Waals surface area contributed by atoms with Crippen molar-refractivity contribution in [1.29, 1.82) is 0 Å². The average molecular weight is 469 g/mol. The number of methoxy groups -OCH3 is 1. The molecule has 1 fully saturated rings. The van der Waals surface area contributed by atoms with E-state index in [-0.39, 0.29) is 30.8 Å². The lowest BCUT2D eigenvalue weighted by Gasteiger charge is -2.23. The summed E-state index contributed by atoms with van der Waals surface area (Å²) in [5, 5.41) is 21.1. The lowest BCUT2D eigenvalue weighted by molar-refractivity contribution is 0.0519. The van der Waals surface area contributed by atoms with Crippen LogP contribution in [-0.2, 0) is 11.2 Å². The minimum atomic E-state index is -2.36. The Morgan fingerprint density at radius 3 is 2.73 bits per heavy atom. The first-order valence-electron chi connectivity index (χ1n) is 11.2. The number of allylic oxidation sites excluding steroid dienone is 1. The summed E-state index contributed by atoms with van der Waals surface area (Å²) in [4.78, 5) is 12.0. The smallest absolute Gasteiger partial charge is 0.338 e. The van der Waals surface area contributed by atoms with Gasteiger partial charge in [0.2, 0.25) is 0 Å². The SMILES string of the molecule is COC(=O)c1ccc2c(c1C)O[C@H]1C[C@@H](O)[C@H](/C=C/C[C@@](C)(O)CCC(F)=C(F)F)[C@H]1CC2. The fourth-order valence-electron chi connectivity index (χ4n) is 4.86. The van der Waals surface area contributed by atoms with Crippen LogP contribution in [0.2, 0.25) is 0 Å². The second-order valence-electron chi connectivity index (χ2n) is 9.25. The van der Waals surface area contributed by atoms with Crippen molar-refractivity contribution in [1.82, 2.24) is 0 Å². The molecular formula is C25H31F3O5. The van der Waals surface area contributed by atoms with Gasteiger partial charge in [0.1, 0.15) is 11.9 Å². The maximum absolute atomic E-state index is 13.1. The van der Waals surface area contributed by atoms with E-state index in [9.17, 15) is 28.2 Å². The van der Waals surface area contributed by atoms with E-state index in [1.165, 1.54) is 14.0 Å². The third kappa shape index (κ3) is 5.79. The molecule has 182 valence electrons. The van der Waals surface area contributed by atoms with Gasteiger partial charge in [-0.2, -0.15) is 8.78 Å². The van der Waals surface area contributed by atoms with Crippen LogP contribution in [0.1, 0.15) is 60.5 Å². The molecule has 0 radical (unpaired) electrons. The topological polar surface area (TPSA) is 76.0 Å². The molecule has 0 spiro atoms. The number of aryl methyl sites for hydroxylation is 1. The van der Waals surface area contributed by atoms with Crippen LogP contribution in [0.5, 0.6) is 5.75 Å². The average Bonchev–Trinajstić information content (AvgIpc) is 2.93. The van der Waals surface area contributed by atoms with Gasteiger partial charge in [-0.3, -0.25) is 0 Å². The van der Waals surface area contributed by atoms with E-state index < -0.39 is 36.0 Å². The van der Waals surface area contributed by atoms with Gasteiger partial charge in [0.25, 0.3) is 0 Å². The molecule has 8 heteroatoms. The van der Waals surface area contributed by atoms with Crippen molar-refractivity contribution in [2.75, 3.05) is 7.11 Å². The molecule has 1 aromatic rings. The molecular weight excluding hydrogens is 437 g/mol. The molecule has 2 N–H and O–H groups in total. The number of carbonyl (C=O) groups is 1. The first kappa shape index (κ1) is 25.3. The van der Waals surface area contributed by atoms with Gasteiger partial charge in [0, 0.05) is 30.2 Å². The van der Waals surface area contributed by atoms with Crippen molar-refractivity contribution < 1.29 is 37.7 Å². The molecule has 5 nitrogen and oxygen atoms in total. The largest absolute Gasteiger partial charge is 0.489 e. The van der Waals surface area contributed by atoms with Crippen molar-refractivity contribution in [3.63, 3.8) is 0 Å². The molecule has 33 heavy (non-hydrogen) atoms. The van der Waals surface area contributed by atoms with Crippen LogP contribution in [-0.4, -0.2) is 41.1 Å². The van der Waals surface area contributed by atoms with Gasteiger partial charge in [0.05, 0.1) is 24.4 Å². The first-order chi connectivity index (χ1) is 15.5. The van der Waals surface area contributed by atoms with Gasteiger partial charge in [-0.1, -0.05) is 18.2 Å². The summed E-state index contributed by atoms with van der Waals surface area (Å²) in [6.07, 6.45) is 1.78. The number of ether oxygens (including phenoxy) is 2. The van der Waals surface area contributed by atoms with Gasteiger partial charge >= 0.3 is 12.0 Å². The van der Waals surface area contributed by atoms with Gasteiger partial charge in [-0.15, -0.1) is 0 Å². The highest BCUT2D eigenvalue weighted by atomic mass is 19.3. The van der Waals surface area contributed by atoms with Crippen molar-refractivity contribution in [3.05, 3.63) is 52.9 Å². The van der Waals surface area contributed by atoms with E-state index in [0.29, 0.717) is 17.7 Å². The van der Waals surface area contributed by atoms with Crippen LogP contribution < -0.4 is 4.74 Å². The van der Waals surface area contributed by atoms with Crippen LogP contribution in [0.4, 0.5) is 13.2 Å². The number of rotatable bonds is 7. The number of halogens is 3. The predicted molar refractivity (Wildman–Crippen MR) is 117 cm³/mol. The summed E-state index contributed by atoms with van der Waals surface area (Å²) in [6, 6.07) is 3.62. The molecule has 0 aromatic heterocycles. The summed E-state index contributed by atoms with van der Waals surface area (Å²) in [7, 11) is 1.33. The number of esters is 1. The van der Waals surface area contributed by atoms with Crippen molar-refractivity contribution in [3.8, 4) is 5.75 Å². The van der Waals surface area contributed by atoms with Crippen LogP contribution in [0.3, 0.4) is 0 Å². The van der Waals surface area contributed by atoms with E-state index in [1.54, 1.807) is 12.1 Å². The third-order valence-electron chi connectivity index (χ3n) is 6.80. The normalized spacial score (nSPS) is 26.1. The number of carbonyl (C=O) groups excluding carboxylic acids is 1. The highest BCUT2D eigenvalue weighted by Crippen LogP contribution is 2.44. The zero-order valence-corrected chi connectivity index (χ0v) is 19.1. The zero-order valence-electron chi connectivity index (χ0n) is 19.1. The predicted octanol–water partition coefficient (Wildman–Crippen LogP) is 5.03. The number of fused-ring (bicyclic) bond motifs is 2. The minimum Gasteiger partial charge on any atom is -0.489 e. The number of hydrogen-bond acceptors (Lipinski definition) is 5. The monoisotopic (exact) mass is 468 g/mol. The molecule has 1 saturated carbocycles. The lowest BCUT2D eigenvalue weighted by Crippen LogP contribution is -2.25. The second-order valence-corrected chi connectivity index (χ2v) is 9.25. The first-order valence-corrected chi connectivity index (χ1v) is 11.2. The third-order valence-corrected chi connectivity index (χ3v) is 6.80. The fourth-order valence-corrected chi connectivity index (χ4v) is 4.86. The van der Waals surface area contributed by atoms with E-state index in [4.69, 9.17) is 9.47 Å². The number of aliphatic hydroxyl groups is 2. The van der Waals surface area contributed by atoms with Crippen molar-refractivity contribution in [2.45, 2.75) is 70.2 Å². The van der Waals surface area contributed by atoms with Gasteiger partial charge in [-0.05, 0) is 51.2 Å². The molecule has 2 aliphatic rings. The van der Waals surface area contributed by atoms with E-state index in [2.05, 4.69) is 0 Å².